The smallest absolute Gasteiger partial charge is 0.305 e. The first kappa shape index (κ1) is 21.8. The summed E-state index contributed by atoms with van der Waals surface area (Å²) >= 11 is 6.55. The van der Waals surface area contributed by atoms with Crippen LogP contribution in [-0.4, -0.2) is 18.1 Å². The van der Waals surface area contributed by atoms with Crippen molar-refractivity contribution in [3.8, 4) is 5.75 Å². The molecule has 2 aromatic carbocycles. The van der Waals surface area contributed by atoms with Crippen LogP contribution in [0.3, 0.4) is 0 Å². The Morgan fingerprint density at radius 1 is 1.13 bits per heavy atom. The molecule has 3 aromatic rings. The molecule has 1 saturated carbocycles. The molecule has 1 N–H and O–H groups in total. The molecule has 4 nitrogen and oxygen atoms in total. The summed E-state index contributed by atoms with van der Waals surface area (Å²) in [5.74, 6) is 1.25. The number of fused-ring (bicyclic) bond motifs is 1. The average Bonchev–Trinajstić information content (AvgIpc) is 3.11. The van der Waals surface area contributed by atoms with Crippen molar-refractivity contribution in [2.45, 2.75) is 64.4 Å². The Hall–Kier alpha value is -2.46. The third-order valence-electron chi connectivity index (χ3n) is 6.37. The zero-order chi connectivity index (χ0) is 21.8. The Bertz CT molecular complexity index is 1070. The van der Waals surface area contributed by atoms with Gasteiger partial charge in [-0.2, -0.15) is 0 Å². The highest BCUT2D eigenvalue weighted by Crippen LogP contribution is 2.35. The number of hydrogen-bond acceptors (Lipinski definition) is 3. The van der Waals surface area contributed by atoms with Crippen LogP contribution in [0, 0.1) is 6.92 Å². The predicted octanol–water partition coefficient (Wildman–Crippen LogP) is 6.86. The van der Waals surface area contributed by atoms with Crippen LogP contribution in [0.4, 0.5) is 0 Å². The number of H-pyrrole nitrogens is 1. The summed E-state index contributed by atoms with van der Waals surface area (Å²) in [6, 6.07) is 12.6. The number of benzene rings is 2. The largest absolute Gasteiger partial charge is 0.489 e. The number of methoxy groups -OCH3 is 1. The Morgan fingerprint density at radius 3 is 2.68 bits per heavy atom. The van der Waals surface area contributed by atoms with Crippen molar-refractivity contribution < 1.29 is 14.3 Å². The third-order valence-corrected chi connectivity index (χ3v) is 6.80. The Kier molecular flexibility index (Phi) is 6.86. The number of aryl methyl sites for hydroxylation is 2. The molecule has 1 aliphatic rings. The van der Waals surface area contributed by atoms with E-state index in [-0.39, 0.29) is 5.97 Å². The van der Waals surface area contributed by atoms with Crippen LogP contribution in [0.2, 0.25) is 5.02 Å². The fourth-order valence-corrected chi connectivity index (χ4v) is 4.95. The monoisotopic (exact) mass is 439 g/mol. The molecule has 0 spiro atoms. The molecule has 0 saturated heterocycles. The molecule has 4 rings (SSSR count). The van der Waals surface area contributed by atoms with Crippen LogP contribution in [-0.2, 0) is 22.6 Å². The van der Waals surface area contributed by atoms with E-state index in [1.807, 2.05) is 18.2 Å². The lowest BCUT2D eigenvalue weighted by molar-refractivity contribution is -0.140. The van der Waals surface area contributed by atoms with E-state index in [9.17, 15) is 4.79 Å². The van der Waals surface area contributed by atoms with Crippen LogP contribution >= 0.6 is 11.6 Å². The van der Waals surface area contributed by atoms with E-state index in [1.165, 1.54) is 55.9 Å². The third kappa shape index (κ3) is 5.07. The number of nitrogens with one attached hydrogen (secondary N) is 1. The molecule has 0 amide bonds. The molecule has 31 heavy (non-hydrogen) atoms. The number of carbonyl (C=O) groups is 1. The lowest BCUT2D eigenvalue weighted by Gasteiger charge is -2.24. The minimum Gasteiger partial charge on any atom is -0.489 e. The molecule has 0 unspecified atom stereocenters. The minimum atomic E-state index is -0.247. The first-order chi connectivity index (χ1) is 15.0. The van der Waals surface area contributed by atoms with Crippen molar-refractivity contribution >= 4 is 28.5 Å². The highest BCUT2D eigenvalue weighted by Gasteiger charge is 2.17. The van der Waals surface area contributed by atoms with Gasteiger partial charge in [-0.25, -0.2) is 0 Å². The van der Waals surface area contributed by atoms with Crippen molar-refractivity contribution in [1.82, 2.24) is 4.98 Å². The predicted molar refractivity (Wildman–Crippen MR) is 125 cm³/mol. The van der Waals surface area contributed by atoms with Crippen LogP contribution in [0.1, 0.15) is 66.8 Å². The van der Waals surface area contributed by atoms with Crippen molar-refractivity contribution in [2.24, 2.45) is 0 Å². The van der Waals surface area contributed by atoms with Gasteiger partial charge in [-0.05, 0) is 67.0 Å². The maximum Gasteiger partial charge on any atom is 0.305 e. The van der Waals surface area contributed by atoms with E-state index < -0.39 is 0 Å². The molecule has 0 bridgehead atoms. The summed E-state index contributed by atoms with van der Waals surface area (Å²) in [7, 11) is 1.39. The van der Waals surface area contributed by atoms with Crippen molar-refractivity contribution in [3.63, 3.8) is 0 Å². The molecule has 5 heteroatoms. The van der Waals surface area contributed by atoms with Gasteiger partial charge in [-0.3, -0.25) is 4.79 Å². The molecule has 1 fully saturated rings. The van der Waals surface area contributed by atoms with Gasteiger partial charge >= 0.3 is 5.97 Å². The van der Waals surface area contributed by atoms with Crippen LogP contribution < -0.4 is 4.74 Å². The van der Waals surface area contributed by atoms with E-state index in [1.54, 1.807) is 0 Å². The number of esters is 1. The van der Waals surface area contributed by atoms with Crippen LogP contribution in [0.25, 0.3) is 10.9 Å². The summed E-state index contributed by atoms with van der Waals surface area (Å²) < 4.78 is 10.8. The summed E-state index contributed by atoms with van der Waals surface area (Å²) in [6.45, 7) is 2.74. The number of ether oxygens (including phenoxy) is 2. The number of hydrogen-bond donors (Lipinski definition) is 1. The van der Waals surface area contributed by atoms with Gasteiger partial charge in [-0.15, -0.1) is 0 Å². The van der Waals surface area contributed by atoms with E-state index >= 15 is 0 Å². The Labute approximate surface area is 188 Å². The second-order valence-corrected chi connectivity index (χ2v) is 8.89. The van der Waals surface area contributed by atoms with Crippen molar-refractivity contribution in [1.29, 1.82) is 0 Å². The first-order valence-electron chi connectivity index (χ1n) is 11.1. The second-order valence-electron chi connectivity index (χ2n) is 8.52. The maximum atomic E-state index is 11.4. The Morgan fingerprint density at radius 2 is 1.94 bits per heavy atom. The molecule has 0 radical (unpaired) electrons. The van der Waals surface area contributed by atoms with Crippen LogP contribution in [0.15, 0.2) is 36.4 Å². The van der Waals surface area contributed by atoms with Crippen molar-refractivity contribution in [3.05, 3.63) is 63.8 Å². The van der Waals surface area contributed by atoms with Gasteiger partial charge in [0.1, 0.15) is 12.4 Å². The topological polar surface area (TPSA) is 51.3 Å². The average molecular weight is 440 g/mol. The van der Waals surface area contributed by atoms with Gasteiger partial charge in [0.25, 0.3) is 0 Å². The zero-order valence-electron chi connectivity index (χ0n) is 18.3. The molecule has 0 aliphatic heterocycles. The van der Waals surface area contributed by atoms with E-state index in [4.69, 9.17) is 21.1 Å². The molecular formula is C26H30ClNO3. The molecule has 164 valence electrons. The number of aromatic nitrogens is 1. The van der Waals surface area contributed by atoms with Gasteiger partial charge in [0.2, 0.25) is 0 Å². The van der Waals surface area contributed by atoms with Gasteiger partial charge < -0.3 is 14.5 Å². The summed E-state index contributed by atoms with van der Waals surface area (Å²) in [4.78, 5) is 14.7. The maximum absolute atomic E-state index is 11.4. The highest BCUT2D eigenvalue weighted by molar-refractivity contribution is 6.36. The number of rotatable bonds is 7. The van der Waals surface area contributed by atoms with E-state index in [0.29, 0.717) is 24.5 Å². The molecule has 1 aliphatic carbocycles. The lowest BCUT2D eigenvalue weighted by atomic mass is 9.82. The number of carbonyl (C=O) groups excluding carboxylic acids is 1. The van der Waals surface area contributed by atoms with E-state index in [2.05, 4.69) is 30.1 Å². The quantitative estimate of drug-likeness (QED) is 0.409. The fourth-order valence-electron chi connectivity index (χ4n) is 4.65. The summed E-state index contributed by atoms with van der Waals surface area (Å²) in [5.41, 5.74) is 5.82. The standard InChI is InChI=1S/C26H30ClNO3/c1-17-14-18(8-10-21(17)19-6-4-3-5-7-19)16-31-20-9-11-23-22(15-20)26(27)24(28-23)12-13-25(29)30-2/h8-11,14-15,19,28H,3-7,12-13,16H2,1-2H3. The van der Waals surface area contributed by atoms with Crippen LogP contribution in [0.5, 0.6) is 5.75 Å². The van der Waals surface area contributed by atoms with Gasteiger partial charge in [0, 0.05) is 16.6 Å². The normalized spacial score (nSPS) is 14.7. The lowest BCUT2D eigenvalue weighted by Crippen LogP contribution is -2.07. The first-order valence-corrected chi connectivity index (χ1v) is 11.5. The fraction of sp³-hybridized carbons (Fsp3) is 0.423. The van der Waals surface area contributed by atoms with E-state index in [0.717, 1.165) is 28.3 Å². The minimum absolute atomic E-state index is 0.247. The summed E-state index contributed by atoms with van der Waals surface area (Å²) in [5, 5.41) is 1.54. The second kappa shape index (κ2) is 9.78. The number of aromatic amines is 1. The highest BCUT2D eigenvalue weighted by atomic mass is 35.5. The Balaban J connectivity index is 1.43. The van der Waals surface area contributed by atoms with Gasteiger partial charge in [-0.1, -0.05) is 49.1 Å². The molecule has 1 heterocycles. The molecular weight excluding hydrogens is 410 g/mol. The van der Waals surface area contributed by atoms with Gasteiger partial charge in [0.15, 0.2) is 0 Å². The zero-order valence-corrected chi connectivity index (χ0v) is 19.1. The molecule has 1 aromatic heterocycles. The number of halogens is 1. The summed E-state index contributed by atoms with van der Waals surface area (Å²) in [6.07, 6.45) is 7.52. The SMILES string of the molecule is COC(=O)CCc1[nH]c2ccc(OCc3ccc(C4CCCCC4)c(C)c3)cc2c1Cl. The van der Waals surface area contributed by atoms with Gasteiger partial charge in [0.05, 0.1) is 18.6 Å². The van der Waals surface area contributed by atoms with Crippen molar-refractivity contribution in [2.75, 3.05) is 7.11 Å². The molecule has 0 atom stereocenters.